The Morgan fingerprint density at radius 2 is 1.89 bits per heavy atom. The van der Waals surface area contributed by atoms with Crippen LogP contribution >= 0.6 is 0 Å². The molecule has 0 saturated heterocycles. The lowest BCUT2D eigenvalue weighted by molar-refractivity contribution is 0.300. The van der Waals surface area contributed by atoms with Gasteiger partial charge in [0.15, 0.2) is 0 Å². The molecule has 0 unspecified atom stereocenters. The monoisotopic (exact) mass is 261 g/mol. The Kier molecular flexibility index (Phi) is 4.78. The Morgan fingerprint density at radius 3 is 2.53 bits per heavy atom. The van der Waals surface area contributed by atoms with Crippen molar-refractivity contribution in [3.8, 4) is 0 Å². The zero-order chi connectivity index (χ0) is 13.8. The first-order chi connectivity index (χ1) is 9.04. The van der Waals surface area contributed by atoms with Crippen LogP contribution in [0.4, 0.5) is 5.82 Å². The summed E-state index contributed by atoms with van der Waals surface area (Å²) < 4.78 is 0. The summed E-state index contributed by atoms with van der Waals surface area (Å²) in [7, 11) is 0. The molecule has 0 aromatic carbocycles. The van der Waals surface area contributed by atoms with E-state index in [1.165, 1.54) is 25.7 Å². The highest BCUT2D eigenvalue weighted by atomic mass is 15.0. The van der Waals surface area contributed by atoms with Gasteiger partial charge in [0.1, 0.15) is 11.6 Å². The van der Waals surface area contributed by atoms with Crippen LogP contribution in [0.15, 0.2) is 6.07 Å². The van der Waals surface area contributed by atoms with Gasteiger partial charge in [-0.25, -0.2) is 9.97 Å². The quantitative estimate of drug-likeness (QED) is 0.885. The molecule has 1 fully saturated rings. The summed E-state index contributed by atoms with van der Waals surface area (Å²) in [4.78, 5) is 9.10. The van der Waals surface area contributed by atoms with Gasteiger partial charge in [-0.05, 0) is 31.6 Å². The maximum Gasteiger partial charge on any atom is 0.133 e. The second kappa shape index (κ2) is 6.36. The van der Waals surface area contributed by atoms with Crippen molar-refractivity contribution in [2.45, 2.75) is 59.3 Å². The molecule has 0 spiro atoms. The molecule has 3 heteroatoms. The molecule has 1 N–H and O–H groups in total. The van der Waals surface area contributed by atoms with Gasteiger partial charge in [-0.1, -0.05) is 33.6 Å². The first-order valence-corrected chi connectivity index (χ1v) is 7.64. The molecule has 2 rings (SSSR count). The van der Waals surface area contributed by atoms with Gasteiger partial charge >= 0.3 is 0 Å². The fourth-order valence-corrected chi connectivity index (χ4v) is 2.72. The minimum atomic E-state index is 0.385. The topological polar surface area (TPSA) is 37.8 Å². The van der Waals surface area contributed by atoms with E-state index >= 15 is 0 Å². The number of aryl methyl sites for hydroxylation is 1. The summed E-state index contributed by atoms with van der Waals surface area (Å²) in [5.41, 5.74) is 1.05. The number of nitrogens with one attached hydrogen (secondary N) is 1. The maximum absolute atomic E-state index is 4.61. The largest absolute Gasteiger partial charge is 0.370 e. The molecule has 1 aromatic heterocycles. The average Bonchev–Trinajstić information content (AvgIpc) is 2.37. The number of hydrogen-bond acceptors (Lipinski definition) is 3. The van der Waals surface area contributed by atoms with E-state index in [2.05, 4.69) is 42.1 Å². The second-order valence-electron chi connectivity index (χ2n) is 6.41. The third-order valence-corrected chi connectivity index (χ3v) is 4.10. The normalized spacial score (nSPS) is 23.6. The van der Waals surface area contributed by atoms with Crippen molar-refractivity contribution in [3.05, 3.63) is 17.6 Å². The Bertz CT molecular complexity index is 406. The van der Waals surface area contributed by atoms with Gasteiger partial charge in [-0.2, -0.15) is 0 Å². The molecule has 0 atom stereocenters. The minimum Gasteiger partial charge on any atom is -0.370 e. The van der Waals surface area contributed by atoms with Crippen molar-refractivity contribution in [1.29, 1.82) is 0 Å². The van der Waals surface area contributed by atoms with Crippen LogP contribution in [0.5, 0.6) is 0 Å². The lowest BCUT2D eigenvalue weighted by atomic mass is 9.83. The molecule has 1 saturated carbocycles. The van der Waals surface area contributed by atoms with Crippen LogP contribution in [-0.2, 0) is 0 Å². The summed E-state index contributed by atoms with van der Waals surface area (Å²) in [6.07, 6.45) is 5.48. The molecule has 0 radical (unpaired) electrons. The number of aromatic nitrogens is 2. The first-order valence-electron chi connectivity index (χ1n) is 7.64. The first kappa shape index (κ1) is 14.3. The van der Waals surface area contributed by atoms with Gasteiger partial charge < -0.3 is 5.32 Å². The number of rotatable bonds is 4. The van der Waals surface area contributed by atoms with Gasteiger partial charge in [0.2, 0.25) is 0 Å². The van der Waals surface area contributed by atoms with Crippen molar-refractivity contribution in [3.63, 3.8) is 0 Å². The molecule has 0 aliphatic heterocycles. The van der Waals surface area contributed by atoms with E-state index in [1.807, 2.05) is 6.92 Å². The highest BCUT2D eigenvalue weighted by molar-refractivity contribution is 5.36. The standard InChI is InChI=1S/C16H27N3/c1-11(2)16-18-13(4)9-15(19-16)17-10-14-7-5-12(3)6-8-14/h9,11-12,14H,5-8,10H2,1-4H3,(H,17,18,19). The Hall–Kier alpha value is -1.12. The van der Waals surface area contributed by atoms with E-state index in [4.69, 9.17) is 0 Å². The Balaban J connectivity index is 1.92. The maximum atomic E-state index is 4.61. The predicted octanol–water partition coefficient (Wildman–Crippen LogP) is 4.15. The van der Waals surface area contributed by atoms with E-state index in [9.17, 15) is 0 Å². The van der Waals surface area contributed by atoms with Gasteiger partial charge in [-0.15, -0.1) is 0 Å². The molecule has 1 aromatic rings. The van der Waals surface area contributed by atoms with Crippen LogP contribution in [-0.4, -0.2) is 16.5 Å². The molecule has 0 bridgehead atoms. The van der Waals surface area contributed by atoms with Gasteiger partial charge in [-0.3, -0.25) is 0 Å². The van der Waals surface area contributed by atoms with Crippen LogP contribution < -0.4 is 5.32 Å². The van der Waals surface area contributed by atoms with Crippen molar-refractivity contribution in [1.82, 2.24) is 9.97 Å². The molecule has 19 heavy (non-hydrogen) atoms. The highest BCUT2D eigenvalue weighted by Gasteiger charge is 2.18. The SMILES string of the molecule is Cc1cc(NCC2CCC(C)CC2)nc(C(C)C)n1. The molecule has 0 amide bonds. The van der Waals surface area contributed by atoms with Gasteiger partial charge in [0.25, 0.3) is 0 Å². The van der Waals surface area contributed by atoms with Crippen molar-refractivity contribution in [2.24, 2.45) is 11.8 Å². The van der Waals surface area contributed by atoms with Gasteiger partial charge in [0.05, 0.1) is 0 Å². The van der Waals surface area contributed by atoms with Crippen LogP contribution in [0.1, 0.15) is 63.9 Å². The highest BCUT2D eigenvalue weighted by Crippen LogP contribution is 2.28. The molecule has 106 valence electrons. The van der Waals surface area contributed by atoms with Crippen molar-refractivity contribution in [2.75, 3.05) is 11.9 Å². The lowest BCUT2D eigenvalue weighted by Crippen LogP contribution is -2.20. The zero-order valence-corrected chi connectivity index (χ0v) is 12.7. The van der Waals surface area contributed by atoms with Crippen LogP contribution in [0.25, 0.3) is 0 Å². The van der Waals surface area contributed by atoms with E-state index in [-0.39, 0.29) is 0 Å². The average molecular weight is 261 g/mol. The second-order valence-corrected chi connectivity index (χ2v) is 6.41. The van der Waals surface area contributed by atoms with Crippen LogP contribution in [0.3, 0.4) is 0 Å². The van der Waals surface area contributed by atoms with Crippen molar-refractivity contribution < 1.29 is 0 Å². The molecule has 3 nitrogen and oxygen atoms in total. The number of hydrogen-bond donors (Lipinski definition) is 1. The van der Waals surface area contributed by atoms with Crippen LogP contribution in [0, 0.1) is 18.8 Å². The summed E-state index contributed by atoms with van der Waals surface area (Å²) in [5, 5.41) is 3.51. The van der Waals surface area contributed by atoms with E-state index < -0.39 is 0 Å². The zero-order valence-electron chi connectivity index (χ0n) is 12.7. The Labute approximate surface area is 117 Å². The fourth-order valence-electron chi connectivity index (χ4n) is 2.72. The number of nitrogens with zero attached hydrogens (tertiary/aromatic N) is 2. The third-order valence-electron chi connectivity index (χ3n) is 4.10. The Morgan fingerprint density at radius 1 is 1.21 bits per heavy atom. The minimum absolute atomic E-state index is 0.385. The molecule has 1 heterocycles. The van der Waals surface area contributed by atoms with E-state index in [1.54, 1.807) is 0 Å². The molecule has 1 aliphatic rings. The summed E-state index contributed by atoms with van der Waals surface area (Å²) in [5.74, 6) is 4.06. The third kappa shape index (κ3) is 4.19. The van der Waals surface area contributed by atoms with Gasteiger partial charge in [0, 0.05) is 24.2 Å². The number of anilines is 1. The summed E-state index contributed by atoms with van der Waals surface area (Å²) in [6, 6.07) is 2.05. The van der Waals surface area contributed by atoms with E-state index in [0.29, 0.717) is 5.92 Å². The van der Waals surface area contributed by atoms with Crippen molar-refractivity contribution >= 4 is 5.82 Å². The molecule has 1 aliphatic carbocycles. The molecular formula is C16H27N3. The lowest BCUT2D eigenvalue weighted by Gasteiger charge is -2.26. The molecular weight excluding hydrogens is 234 g/mol. The van der Waals surface area contributed by atoms with E-state index in [0.717, 1.165) is 35.7 Å². The smallest absolute Gasteiger partial charge is 0.133 e. The van der Waals surface area contributed by atoms with Crippen LogP contribution in [0.2, 0.25) is 0 Å². The predicted molar refractivity (Wildman–Crippen MR) is 80.5 cm³/mol. The fraction of sp³-hybridized carbons (Fsp3) is 0.750. The summed E-state index contributed by atoms with van der Waals surface area (Å²) >= 11 is 0. The summed E-state index contributed by atoms with van der Waals surface area (Å²) in [6.45, 7) is 9.75.